The highest BCUT2D eigenvalue weighted by Crippen LogP contribution is 2.15. The van der Waals surface area contributed by atoms with Gasteiger partial charge in [0.1, 0.15) is 0 Å². The van der Waals surface area contributed by atoms with Gasteiger partial charge in [-0.15, -0.1) is 0 Å². The summed E-state index contributed by atoms with van der Waals surface area (Å²) in [5.74, 6) is 0.720. The molecule has 0 bridgehead atoms. The number of piperidine rings is 1. The van der Waals surface area contributed by atoms with Gasteiger partial charge in [-0.1, -0.05) is 37.3 Å². The molecule has 1 aromatic carbocycles. The zero-order valence-electron chi connectivity index (χ0n) is 12.7. The van der Waals surface area contributed by atoms with Crippen molar-refractivity contribution in [2.45, 2.75) is 32.6 Å². The Morgan fingerprint density at radius 1 is 1.29 bits per heavy atom. The van der Waals surface area contributed by atoms with E-state index in [1.165, 1.54) is 6.42 Å². The molecule has 1 saturated heterocycles. The van der Waals surface area contributed by atoms with Crippen molar-refractivity contribution < 1.29 is 9.59 Å². The van der Waals surface area contributed by atoms with Crippen LogP contribution in [0.2, 0.25) is 0 Å². The maximum atomic E-state index is 12.1. The van der Waals surface area contributed by atoms with Gasteiger partial charge < -0.3 is 10.2 Å². The molecule has 0 spiro atoms. The smallest absolute Gasteiger partial charge is 0.224 e. The highest BCUT2D eigenvalue weighted by Gasteiger charge is 2.20. The van der Waals surface area contributed by atoms with Crippen molar-refractivity contribution in [3.8, 4) is 0 Å². The van der Waals surface area contributed by atoms with Crippen LogP contribution in [0, 0.1) is 5.92 Å². The lowest BCUT2D eigenvalue weighted by Crippen LogP contribution is -2.40. The molecule has 1 aliphatic heterocycles. The van der Waals surface area contributed by atoms with Gasteiger partial charge in [0.05, 0.1) is 6.42 Å². The molecule has 1 fully saturated rings. The Bertz CT molecular complexity index is 473. The minimum atomic E-state index is -0.0268. The summed E-state index contributed by atoms with van der Waals surface area (Å²) in [6, 6.07) is 9.63. The second kappa shape index (κ2) is 7.81. The lowest BCUT2D eigenvalue weighted by atomic mass is 10.00. The molecule has 4 nitrogen and oxygen atoms in total. The molecule has 21 heavy (non-hydrogen) atoms. The van der Waals surface area contributed by atoms with Gasteiger partial charge in [-0.3, -0.25) is 9.59 Å². The van der Waals surface area contributed by atoms with Crippen LogP contribution in [-0.2, 0) is 16.0 Å². The Kier molecular flexibility index (Phi) is 5.78. The number of hydrogen-bond acceptors (Lipinski definition) is 2. The number of likely N-dealkylation sites (tertiary alicyclic amines) is 1. The fourth-order valence-electron chi connectivity index (χ4n) is 2.73. The van der Waals surface area contributed by atoms with Crippen molar-refractivity contribution in [1.82, 2.24) is 10.2 Å². The highest BCUT2D eigenvalue weighted by molar-refractivity contribution is 5.80. The Labute approximate surface area is 126 Å². The number of nitrogens with zero attached hydrogens (tertiary/aromatic N) is 1. The first-order valence-corrected chi connectivity index (χ1v) is 7.73. The molecule has 1 atom stereocenters. The van der Waals surface area contributed by atoms with E-state index in [1.54, 1.807) is 0 Å². The third-order valence-electron chi connectivity index (χ3n) is 3.88. The zero-order valence-corrected chi connectivity index (χ0v) is 12.7. The highest BCUT2D eigenvalue weighted by atomic mass is 16.2. The zero-order chi connectivity index (χ0) is 15.1. The normalized spacial score (nSPS) is 18.3. The number of rotatable bonds is 5. The summed E-state index contributed by atoms with van der Waals surface area (Å²) < 4.78 is 0. The van der Waals surface area contributed by atoms with E-state index in [0.717, 1.165) is 25.1 Å². The van der Waals surface area contributed by atoms with Gasteiger partial charge in [-0.25, -0.2) is 0 Å². The fourth-order valence-corrected chi connectivity index (χ4v) is 2.73. The molecule has 114 valence electrons. The summed E-state index contributed by atoms with van der Waals surface area (Å²) in [6.07, 6.45) is 3.06. The Morgan fingerprint density at radius 3 is 2.76 bits per heavy atom. The van der Waals surface area contributed by atoms with Crippen LogP contribution < -0.4 is 5.32 Å². The largest absolute Gasteiger partial charge is 0.355 e. The molecule has 4 heteroatoms. The molecule has 2 amide bonds. The molecule has 1 heterocycles. The third kappa shape index (κ3) is 5.21. The number of carbonyl (C=O) groups excluding carboxylic acids is 2. The summed E-state index contributed by atoms with van der Waals surface area (Å²) >= 11 is 0. The predicted octanol–water partition coefficient (Wildman–Crippen LogP) is 1.99. The van der Waals surface area contributed by atoms with Gasteiger partial charge in [0, 0.05) is 26.1 Å². The van der Waals surface area contributed by atoms with Crippen molar-refractivity contribution in [3.05, 3.63) is 35.9 Å². The number of benzene rings is 1. The molecule has 1 N–H and O–H groups in total. The van der Waals surface area contributed by atoms with Crippen LogP contribution in [0.25, 0.3) is 0 Å². The maximum absolute atomic E-state index is 12.1. The third-order valence-corrected chi connectivity index (χ3v) is 3.88. The van der Waals surface area contributed by atoms with E-state index in [1.807, 2.05) is 35.2 Å². The molecule has 0 aromatic heterocycles. The molecule has 1 aliphatic rings. The maximum Gasteiger partial charge on any atom is 0.224 e. The number of amides is 2. The van der Waals surface area contributed by atoms with Crippen LogP contribution in [-0.4, -0.2) is 36.3 Å². The summed E-state index contributed by atoms with van der Waals surface area (Å²) in [5, 5.41) is 2.83. The molecule has 0 aliphatic carbocycles. The fraction of sp³-hybridized carbons (Fsp3) is 0.529. The average Bonchev–Trinajstić information content (AvgIpc) is 2.48. The molecular formula is C17H24N2O2. The summed E-state index contributed by atoms with van der Waals surface area (Å²) in [4.78, 5) is 25.8. The van der Waals surface area contributed by atoms with Crippen molar-refractivity contribution in [2.75, 3.05) is 19.6 Å². The van der Waals surface area contributed by atoms with E-state index in [-0.39, 0.29) is 11.8 Å². The number of nitrogens with one attached hydrogen (secondary N) is 1. The monoisotopic (exact) mass is 288 g/mol. The Morgan fingerprint density at radius 2 is 2.05 bits per heavy atom. The summed E-state index contributed by atoms with van der Waals surface area (Å²) in [6.45, 7) is 4.33. The first-order valence-electron chi connectivity index (χ1n) is 7.73. The Hall–Kier alpha value is -1.84. The van der Waals surface area contributed by atoms with Gasteiger partial charge in [-0.05, 0) is 24.3 Å². The standard InChI is InChI=1S/C17H24N2O2/c1-14-6-5-11-19(13-14)17(21)9-10-18-16(20)12-15-7-3-2-4-8-15/h2-4,7-8,14H,5-6,9-13H2,1H3,(H,18,20). The topological polar surface area (TPSA) is 49.4 Å². The van der Waals surface area contributed by atoms with Crippen molar-refractivity contribution in [1.29, 1.82) is 0 Å². The van der Waals surface area contributed by atoms with E-state index in [4.69, 9.17) is 0 Å². The number of hydrogen-bond donors (Lipinski definition) is 1. The van der Waals surface area contributed by atoms with Crippen LogP contribution in [0.15, 0.2) is 30.3 Å². The van der Waals surface area contributed by atoms with Crippen LogP contribution in [0.3, 0.4) is 0 Å². The van der Waals surface area contributed by atoms with Gasteiger partial charge in [-0.2, -0.15) is 0 Å². The molecule has 0 radical (unpaired) electrons. The van der Waals surface area contributed by atoms with E-state index < -0.39 is 0 Å². The van der Waals surface area contributed by atoms with Gasteiger partial charge >= 0.3 is 0 Å². The van der Waals surface area contributed by atoms with Gasteiger partial charge in [0.25, 0.3) is 0 Å². The van der Waals surface area contributed by atoms with E-state index >= 15 is 0 Å². The first-order chi connectivity index (χ1) is 10.1. The van der Waals surface area contributed by atoms with Crippen molar-refractivity contribution >= 4 is 11.8 Å². The van der Waals surface area contributed by atoms with Gasteiger partial charge in [0.15, 0.2) is 0 Å². The molecule has 0 saturated carbocycles. The van der Waals surface area contributed by atoms with Crippen LogP contribution >= 0.6 is 0 Å². The van der Waals surface area contributed by atoms with Crippen LogP contribution in [0.1, 0.15) is 31.7 Å². The van der Waals surface area contributed by atoms with Crippen LogP contribution in [0.4, 0.5) is 0 Å². The van der Waals surface area contributed by atoms with Crippen molar-refractivity contribution in [2.24, 2.45) is 5.92 Å². The predicted molar refractivity (Wildman–Crippen MR) is 82.8 cm³/mol. The second-order valence-electron chi connectivity index (χ2n) is 5.85. The molecular weight excluding hydrogens is 264 g/mol. The van der Waals surface area contributed by atoms with Crippen molar-refractivity contribution in [3.63, 3.8) is 0 Å². The number of carbonyl (C=O) groups is 2. The summed E-state index contributed by atoms with van der Waals surface area (Å²) in [7, 11) is 0. The SMILES string of the molecule is CC1CCCN(C(=O)CCNC(=O)Cc2ccccc2)C1. The average molecular weight is 288 g/mol. The molecule has 1 aromatic rings. The minimum absolute atomic E-state index is 0.0268. The lowest BCUT2D eigenvalue weighted by molar-refractivity contribution is -0.132. The van der Waals surface area contributed by atoms with E-state index in [0.29, 0.717) is 25.3 Å². The minimum Gasteiger partial charge on any atom is -0.355 e. The Balaban J connectivity index is 1.66. The van der Waals surface area contributed by atoms with E-state index in [2.05, 4.69) is 12.2 Å². The summed E-state index contributed by atoms with van der Waals surface area (Å²) in [5.41, 5.74) is 0.992. The first kappa shape index (κ1) is 15.5. The second-order valence-corrected chi connectivity index (χ2v) is 5.85. The quantitative estimate of drug-likeness (QED) is 0.901. The lowest BCUT2D eigenvalue weighted by Gasteiger charge is -2.31. The molecule has 2 rings (SSSR count). The van der Waals surface area contributed by atoms with Gasteiger partial charge in [0.2, 0.25) is 11.8 Å². The van der Waals surface area contributed by atoms with E-state index in [9.17, 15) is 9.59 Å². The van der Waals surface area contributed by atoms with Crippen LogP contribution in [0.5, 0.6) is 0 Å². The molecule has 1 unspecified atom stereocenters.